The molecule has 0 atom stereocenters. The lowest BCUT2D eigenvalue weighted by Gasteiger charge is -2.41. The van der Waals surface area contributed by atoms with E-state index in [1.807, 2.05) is 55.7 Å². The number of nitrogens with two attached hydrogens (primary N) is 2. The molecular formula is C22H32N5O3+. The zero-order valence-electron chi connectivity index (χ0n) is 17.9. The van der Waals surface area contributed by atoms with Crippen molar-refractivity contribution in [2.75, 3.05) is 11.9 Å². The third-order valence-electron chi connectivity index (χ3n) is 5.58. The smallest absolute Gasteiger partial charge is 0.407 e. The van der Waals surface area contributed by atoms with Crippen LogP contribution in [0.4, 0.5) is 10.5 Å². The Labute approximate surface area is 177 Å². The molecule has 1 aromatic rings. The summed E-state index contributed by atoms with van der Waals surface area (Å²) in [6.45, 7) is 5.96. The van der Waals surface area contributed by atoms with Crippen LogP contribution in [0, 0.1) is 0 Å². The van der Waals surface area contributed by atoms with Crippen LogP contribution in [0.3, 0.4) is 0 Å². The van der Waals surface area contributed by atoms with Gasteiger partial charge in [0.25, 0.3) is 11.7 Å². The van der Waals surface area contributed by atoms with Gasteiger partial charge in [0.2, 0.25) is 0 Å². The number of carbonyl (C=O) groups excluding carboxylic acids is 2. The van der Waals surface area contributed by atoms with Crippen molar-refractivity contribution in [3.63, 3.8) is 0 Å². The van der Waals surface area contributed by atoms with E-state index in [1.54, 1.807) is 6.20 Å². The van der Waals surface area contributed by atoms with Gasteiger partial charge in [-0.25, -0.2) is 14.7 Å². The van der Waals surface area contributed by atoms with Crippen molar-refractivity contribution in [2.24, 2.45) is 11.5 Å². The average molecular weight is 415 g/mol. The molecule has 8 heteroatoms. The van der Waals surface area contributed by atoms with E-state index in [4.69, 9.17) is 16.2 Å². The Morgan fingerprint density at radius 2 is 1.83 bits per heavy atom. The van der Waals surface area contributed by atoms with E-state index in [0.29, 0.717) is 18.0 Å². The molecule has 0 saturated heterocycles. The van der Waals surface area contributed by atoms with Crippen molar-refractivity contribution in [2.45, 2.75) is 63.6 Å². The van der Waals surface area contributed by atoms with Crippen LogP contribution < -0.4 is 22.1 Å². The van der Waals surface area contributed by atoms with E-state index < -0.39 is 17.6 Å². The fourth-order valence-corrected chi connectivity index (χ4v) is 3.98. The summed E-state index contributed by atoms with van der Waals surface area (Å²) in [4.78, 5) is 24.0. The molecule has 0 radical (unpaired) electrons. The highest BCUT2D eigenvalue weighted by Gasteiger charge is 2.47. The minimum atomic E-state index is -0.527. The first-order valence-corrected chi connectivity index (χ1v) is 10.3. The standard InChI is InChI=1S/C22H31N5O3/c1-21(2,3)30-20(29)26-16-9-11-22(14-23,12-10-16)27-13-17(18(24)28)19(27)25-15-7-5-4-6-8-15/h4-8,13,16H,9-12,14,23H2,1-3H3,(H3,24,26,28,29)/p+1. The number of nitrogens with one attached hydrogen (secondary N) is 2. The lowest BCUT2D eigenvalue weighted by molar-refractivity contribution is -0.561. The summed E-state index contributed by atoms with van der Waals surface area (Å²) in [6.07, 6.45) is 4.46. The number of amides is 2. The number of carbonyl (C=O) groups is 2. The molecule has 6 N–H and O–H groups in total. The van der Waals surface area contributed by atoms with Gasteiger partial charge in [-0.3, -0.25) is 4.79 Å². The number of para-hydroxylation sites is 1. The second-order valence-electron chi connectivity index (χ2n) is 8.97. The number of ether oxygens (including phenoxy) is 1. The van der Waals surface area contributed by atoms with Gasteiger partial charge in [-0.2, -0.15) is 0 Å². The number of primary amides is 1. The molecule has 0 aromatic heterocycles. The van der Waals surface area contributed by atoms with E-state index >= 15 is 0 Å². The molecule has 3 rings (SSSR count). The third-order valence-corrected chi connectivity index (χ3v) is 5.58. The molecule has 0 spiro atoms. The van der Waals surface area contributed by atoms with Gasteiger partial charge in [-0.1, -0.05) is 18.2 Å². The number of hydrogen-bond acceptors (Lipinski definition) is 5. The van der Waals surface area contributed by atoms with Crippen molar-refractivity contribution >= 4 is 23.5 Å². The summed E-state index contributed by atoms with van der Waals surface area (Å²) in [6, 6.07) is 9.67. The SMILES string of the molecule is CC(C)(C)OC(=O)NC1CCC(CN)([N+]2=C(Nc3ccccc3)C(C(N)=O)=C2)CC1. The van der Waals surface area contributed by atoms with Gasteiger partial charge in [0.1, 0.15) is 23.0 Å². The molecule has 1 heterocycles. The highest BCUT2D eigenvalue weighted by molar-refractivity contribution is 6.24. The highest BCUT2D eigenvalue weighted by Crippen LogP contribution is 2.35. The van der Waals surface area contributed by atoms with Crippen molar-refractivity contribution in [1.29, 1.82) is 0 Å². The summed E-state index contributed by atoms with van der Waals surface area (Å²) in [5.74, 6) is 0.204. The molecular weight excluding hydrogens is 382 g/mol. The predicted octanol–water partition coefficient (Wildman–Crippen LogP) is 2.06. The van der Waals surface area contributed by atoms with E-state index in [1.165, 1.54) is 0 Å². The summed E-state index contributed by atoms with van der Waals surface area (Å²) in [7, 11) is 0. The van der Waals surface area contributed by atoms with Crippen LogP contribution >= 0.6 is 0 Å². The topological polar surface area (TPSA) is 122 Å². The van der Waals surface area contributed by atoms with Crippen LogP contribution in [0.15, 0.2) is 42.1 Å². The molecule has 1 aliphatic heterocycles. The molecule has 162 valence electrons. The third kappa shape index (κ3) is 4.81. The number of hydrogen-bond donors (Lipinski definition) is 4. The van der Waals surface area contributed by atoms with Crippen molar-refractivity contribution in [1.82, 2.24) is 5.32 Å². The van der Waals surface area contributed by atoms with Gasteiger partial charge in [-0.05, 0) is 58.6 Å². The maximum Gasteiger partial charge on any atom is 0.407 e. The van der Waals surface area contributed by atoms with Crippen molar-refractivity contribution < 1.29 is 18.9 Å². The first-order chi connectivity index (χ1) is 14.1. The first kappa shape index (κ1) is 21.8. The van der Waals surface area contributed by atoms with Crippen molar-refractivity contribution in [3.05, 3.63) is 42.1 Å². The fourth-order valence-electron chi connectivity index (χ4n) is 3.98. The van der Waals surface area contributed by atoms with Crippen LogP contribution in [-0.4, -0.2) is 46.1 Å². The summed E-state index contributed by atoms with van der Waals surface area (Å²) in [5, 5.41) is 6.27. The van der Waals surface area contributed by atoms with E-state index in [0.717, 1.165) is 31.4 Å². The number of amidine groups is 1. The van der Waals surface area contributed by atoms with Gasteiger partial charge in [0.15, 0.2) is 5.57 Å². The van der Waals surface area contributed by atoms with Gasteiger partial charge < -0.3 is 21.5 Å². The highest BCUT2D eigenvalue weighted by atomic mass is 16.6. The molecule has 1 saturated carbocycles. The minimum absolute atomic E-state index is 0.0333. The summed E-state index contributed by atoms with van der Waals surface area (Å²) >= 11 is 0. The molecule has 2 aliphatic rings. The lowest BCUT2D eigenvalue weighted by atomic mass is 9.78. The van der Waals surface area contributed by atoms with Crippen LogP contribution in [0.5, 0.6) is 0 Å². The Hall–Kier alpha value is -2.87. The molecule has 30 heavy (non-hydrogen) atoms. The quantitative estimate of drug-likeness (QED) is 0.549. The van der Waals surface area contributed by atoms with Crippen LogP contribution in [-0.2, 0) is 9.53 Å². The molecule has 1 aliphatic carbocycles. The minimum Gasteiger partial charge on any atom is -0.444 e. The first-order valence-electron chi connectivity index (χ1n) is 10.3. The predicted molar refractivity (Wildman–Crippen MR) is 116 cm³/mol. The number of rotatable bonds is 5. The Balaban J connectivity index is 1.72. The average Bonchev–Trinajstić information content (AvgIpc) is 2.66. The zero-order chi connectivity index (χ0) is 21.9. The number of alkyl carbamates (subject to hydrolysis) is 1. The lowest BCUT2D eigenvalue weighted by Crippen LogP contribution is -2.58. The van der Waals surface area contributed by atoms with Crippen LogP contribution in [0.25, 0.3) is 0 Å². The Morgan fingerprint density at radius 3 is 2.37 bits per heavy atom. The Morgan fingerprint density at radius 1 is 1.20 bits per heavy atom. The van der Waals surface area contributed by atoms with E-state index in [2.05, 4.69) is 10.6 Å². The maximum atomic E-state index is 12.1. The van der Waals surface area contributed by atoms with Gasteiger partial charge in [-0.15, -0.1) is 0 Å². The molecule has 8 nitrogen and oxygen atoms in total. The molecule has 1 fully saturated rings. The zero-order valence-corrected chi connectivity index (χ0v) is 17.9. The maximum absolute atomic E-state index is 12.1. The fraction of sp³-hybridized carbons (Fsp3) is 0.500. The Kier molecular flexibility index (Phi) is 6.17. The van der Waals surface area contributed by atoms with E-state index in [-0.39, 0.29) is 11.6 Å². The largest absolute Gasteiger partial charge is 0.444 e. The van der Waals surface area contributed by atoms with Gasteiger partial charge in [0.05, 0.1) is 0 Å². The second kappa shape index (κ2) is 8.47. The number of benzene rings is 1. The van der Waals surface area contributed by atoms with Crippen molar-refractivity contribution in [3.8, 4) is 0 Å². The normalized spacial score (nSPS) is 23.9. The monoisotopic (exact) mass is 414 g/mol. The van der Waals surface area contributed by atoms with Gasteiger partial charge >= 0.3 is 6.09 Å². The molecule has 2 amide bonds. The Bertz CT molecular complexity index is 863. The summed E-state index contributed by atoms with van der Waals surface area (Å²) in [5.41, 5.74) is 12.2. The van der Waals surface area contributed by atoms with E-state index in [9.17, 15) is 9.59 Å². The number of nitrogens with zero attached hydrogens (tertiary/aromatic N) is 1. The van der Waals surface area contributed by atoms with Crippen LogP contribution in [0.1, 0.15) is 46.5 Å². The molecule has 1 aromatic carbocycles. The van der Waals surface area contributed by atoms with Crippen LogP contribution in [0.2, 0.25) is 0 Å². The molecule has 0 unspecified atom stereocenters. The van der Waals surface area contributed by atoms with Gasteiger partial charge in [0, 0.05) is 12.6 Å². The summed E-state index contributed by atoms with van der Waals surface area (Å²) < 4.78 is 7.41. The second-order valence-corrected chi connectivity index (χ2v) is 8.97. The molecule has 0 bridgehead atoms. The number of anilines is 1.